The molecule has 0 bridgehead atoms. The number of hydrogen-bond acceptors (Lipinski definition) is 4. The molecule has 102 valence electrons. The van der Waals surface area contributed by atoms with Gasteiger partial charge in [0.05, 0.1) is 19.3 Å². The number of aryl methyl sites for hydroxylation is 1. The minimum Gasteiger partial charge on any atom is -0.465 e. The van der Waals surface area contributed by atoms with Crippen LogP contribution in [0.1, 0.15) is 30.8 Å². The van der Waals surface area contributed by atoms with Gasteiger partial charge in [0, 0.05) is 13.2 Å². The van der Waals surface area contributed by atoms with Crippen LogP contribution in [-0.4, -0.2) is 32.5 Å². The Hall–Kier alpha value is -0.840. The van der Waals surface area contributed by atoms with Gasteiger partial charge < -0.3 is 19.2 Å². The standard InChI is InChI=1S/C14H23NO3/c1-12-5-6-13(18-12)10-15-7-3-8-16-11-14-4-2-9-17-14/h5-6,14-15H,2-4,7-11H2,1H3. The number of furan rings is 1. The van der Waals surface area contributed by atoms with Crippen LogP contribution in [-0.2, 0) is 16.0 Å². The van der Waals surface area contributed by atoms with Crippen LogP contribution >= 0.6 is 0 Å². The first-order valence-corrected chi connectivity index (χ1v) is 6.80. The molecule has 0 spiro atoms. The van der Waals surface area contributed by atoms with Crippen molar-refractivity contribution in [3.8, 4) is 0 Å². The van der Waals surface area contributed by atoms with Gasteiger partial charge in [0.1, 0.15) is 11.5 Å². The summed E-state index contributed by atoms with van der Waals surface area (Å²) >= 11 is 0. The molecule has 2 rings (SSSR count). The van der Waals surface area contributed by atoms with Crippen LogP contribution in [0.2, 0.25) is 0 Å². The second-order valence-electron chi connectivity index (χ2n) is 4.75. The molecule has 1 unspecified atom stereocenters. The molecule has 0 aliphatic carbocycles. The molecule has 1 N–H and O–H groups in total. The van der Waals surface area contributed by atoms with Crippen LogP contribution in [0, 0.1) is 6.92 Å². The van der Waals surface area contributed by atoms with E-state index in [1.165, 1.54) is 6.42 Å². The van der Waals surface area contributed by atoms with Crippen molar-refractivity contribution in [2.45, 2.75) is 38.8 Å². The normalized spacial score (nSPS) is 19.5. The van der Waals surface area contributed by atoms with Crippen molar-refractivity contribution in [1.82, 2.24) is 5.32 Å². The molecule has 1 aliphatic rings. The van der Waals surface area contributed by atoms with E-state index in [4.69, 9.17) is 13.9 Å². The Labute approximate surface area is 109 Å². The summed E-state index contributed by atoms with van der Waals surface area (Å²) in [6.07, 6.45) is 3.68. The zero-order valence-corrected chi connectivity index (χ0v) is 11.1. The van der Waals surface area contributed by atoms with Gasteiger partial charge >= 0.3 is 0 Å². The lowest BCUT2D eigenvalue weighted by atomic mass is 10.2. The van der Waals surface area contributed by atoms with Crippen LogP contribution < -0.4 is 5.32 Å². The predicted octanol–water partition coefficient (Wildman–Crippen LogP) is 2.26. The Morgan fingerprint density at radius 1 is 1.44 bits per heavy atom. The second-order valence-corrected chi connectivity index (χ2v) is 4.75. The van der Waals surface area contributed by atoms with Crippen LogP contribution in [0.25, 0.3) is 0 Å². The molecule has 1 fully saturated rings. The molecule has 2 heterocycles. The Morgan fingerprint density at radius 2 is 2.39 bits per heavy atom. The quantitative estimate of drug-likeness (QED) is 0.722. The van der Waals surface area contributed by atoms with E-state index in [1.54, 1.807) is 0 Å². The molecule has 0 aromatic carbocycles. The molecular formula is C14H23NO3. The zero-order valence-electron chi connectivity index (χ0n) is 11.1. The van der Waals surface area contributed by atoms with Crippen LogP contribution in [0.3, 0.4) is 0 Å². The highest BCUT2D eigenvalue weighted by molar-refractivity contribution is 5.04. The summed E-state index contributed by atoms with van der Waals surface area (Å²) in [5.41, 5.74) is 0. The predicted molar refractivity (Wildman–Crippen MR) is 69.6 cm³/mol. The Morgan fingerprint density at radius 3 is 3.11 bits per heavy atom. The lowest BCUT2D eigenvalue weighted by molar-refractivity contribution is 0.0166. The maximum Gasteiger partial charge on any atom is 0.117 e. The monoisotopic (exact) mass is 253 g/mol. The van der Waals surface area contributed by atoms with Crippen molar-refractivity contribution in [3.05, 3.63) is 23.7 Å². The summed E-state index contributed by atoms with van der Waals surface area (Å²) in [6.45, 7) is 6.15. The SMILES string of the molecule is Cc1ccc(CNCCCOCC2CCCO2)o1. The van der Waals surface area contributed by atoms with Crippen molar-refractivity contribution in [3.63, 3.8) is 0 Å². The van der Waals surface area contributed by atoms with Crippen molar-refractivity contribution in [1.29, 1.82) is 0 Å². The second kappa shape index (κ2) is 7.56. The third-order valence-electron chi connectivity index (χ3n) is 3.07. The van der Waals surface area contributed by atoms with Crippen molar-refractivity contribution in [2.75, 3.05) is 26.4 Å². The van der Waals surface area contributed by atoms with E-state index in [2.05, 4.69) is 5.32 Å². The van der Waals surface area contributed by atoms with Crippen LogP contribution in [0.15, 0.2) is 16.5 Å². The van der Waals surface area contributed by atoms with Crippen molar-refractivity contribution >= 4 is 0 Å². The van der Waals surface area contributed by atoms with E-state index in [1.807, 2.05) is 19.1 Å². The summed E-state index contributed by atoms with van der Waals surface area (Å²) in [6, 6.07) is 4.00. The molecule has 1 aliphatic heterocycles. The maximum atomic E-state index is 5.59. The van der Waals surface area contributed by atoms with Gasteiger partial charge in [-0.05, 0) is 44.9 Å². The molecule has 1 aromatic rings. The average molecular weight is 253 g/mol. The van der Waals surface area contributed by atoms with Crippen LogP contribution in [0.5, 0.6) is 0 Å². The van der Waals surface area contributed by atoms with Crippen molar-refractivity contribution in [2.24, 2.45) is 0 Å². The molecule has 1 aromatic heterocycles. The fourth-order valence-electron chi connectivity index (χ4n) is 2.08. The molecule has 1 saturated heterocycles. The van der Waals surface area contributed by atoms with E-state index >= 15 is 0 Å². The third kappa shape index (κ3) is 4.80. The smallest absolute Gasteiger partial charge is 0.117 e. The highest BCUT2D eigenvalue weighted by atomic mass is 16.5. The molecule has 4 heteroatoms. The minimum atomic E-state index is 0.337. The number of ether oxygens (including phenoxy) is 2. The van der Waals surface area contributed by atoms with Gasteiger partial charge in [0.15, 0.2) is 0 Å². The molecule has 0 radical (unpaired) electrons. The molecule has 1 atom stereocenters. The summed E-state index contributed by atoms with van der Waals surface area (Å²) in [4.78, 5) is 0. The fourth-order valence-corrected chi connectivity index (χ4v) is 2.08. The Balaban J connectivity index is 1.41. The Kier molecular flexibility index (Phi) is 5.71. The highest BCUT2D eigenvalue weighted by Gasteiger charge is 2.14. The first kappa shape index (κ1) is 13.6. The molecule has 0 amide bonds. The van der Waals surface area contributed by atoms with Gasteiger partial charge in [-0.15, -0.1) is 0 Å². The molecule has 4 nitrogen and oxygen atoms in total. The van der Waals surface area contributed by atoms with Gasteiger partial charge in [0.2, 0.25) is 0 Å². The van der Waals surface area contributed by atoms with E-state index < -0.39 is 0 Å². The first-order valence-electron chi connectivity index (χ1n) is 6.80. The van der Waals surface area contributed by atoms with Gasteiger partial charge in [-0.3, -0.25) is 0 Å². The van der Waals surface area contributed by atoms with Gasteiger partial charge in [-0.2, -0.15) is 0 Å². The van der Waals surface area contributed by atoms with E-state index in [9.17, 15) is 0 Å². The summed E-state index contributed by atoms with van der Waals surface area (Å²) in [7, 11) is 0. The lowest BCUT2D eigenvalue weighted by Crippen LogP contribution is -2.18. The topological polar surface area (TPSA) is 43.6 Å². The lowest BCUT2D eigenvalue weighted by Gasteiger charge is -2.10. The first-order chi connectivity index (χ1) is 8.84. The number of nitrogens with one attached hydrogen (secondary N) is 1. The average Bonchev–Trinajstić information content (AvgIpc) is 3.00. The third-order valence-corrected chi connectivity index (χ3v) is 3.07. The van der Waals surface area contributed by atoms with Gasteiger partial charge in [-0.25, -0.2) is 0 Å². The number of hydrogen-bond donors (Lipinski definition) is 1. The Bertz CT molecular complexity index is 332. The summed E-state index contributed by atoms with van der Waals surface area (Å²) in [5.74, 6) is 1.96. The largest absolute Gasteiger partial charge is 0.465 e. The minimum absolute atomic E-state index is 0.337. The fraction of sp³-hybridized carbons (Fsp3) is 0.714. The van der Waals surface area contributed by atoms with Crippen LogP contribution in [0.4, 0.5) is 0 Å². The molecule has 18 heavy (non-hydrogen) atoms. The van der Waals surface area contributed by atoms with Gasteiger partial charge in [0.25, 0.3) is 0 Å². The summed E-state index contributed by atoms with van der Waals surface area (Å²) in [5, 5.41) is 3.34. The van der Waals surface area contributed by atoms with E-state index in [0.29, 0.717) is 6.10 Å². The summed E-state index contributed by atoms with van der Waals surface area (Å²) < 4.78 is 16.5. The van der Waals surface area contributed by atoms with Crippen molar-refractivity contribution < 1.29 is 13.9 Å². The highest BCUT2D eigenvalue weighted by Crippen LogP contribution is 2.11. The zero-order chi connectivity index (χ0) is 12.6. The molecule has 0 saturated carbocycles. The number of rotatable bonds is 8. The molecular weight excluding hydrogens is 230 g/mol. The van der Waals surface area contributed by atoms with E-state index in [-0.39, 0.29) is 0 Å². The van der Waals surface area contributed by atoms with E-state index in [0.717, 1.165) is 57.3 Å². The van der Waals surface area contributed by atoms with Gasteiger partial charge in [-0.1, -0.05) is 0 Å². The maximum absolute atomic E-state index is 5.59.